The highest BCUT2D eigenvalue weighted by Crippen LogP contribution is 2.27. The maximum Gasteiger partial charge on any atom is 0.0615 e. The number of ether oxygens (including phenoxy) is 1. The summed E-state index contributed by atoms with van der Waals surface area (Å²) in [6.07, 6.45) is 1.24. The highest BCUT2D eigenvalue weighted by atomic mass is 16.5. The fourth-order valence-electron chi connectivity index (χ4n) is 3.01. The Kier molecular flexibility index (Phi) is 6.28. The van der Waals surface area contributed by atoms with Gasteiger partial charge in [-0.2, -0.15) is 0 Å². The van der Waals surface area contributed by atoms with Crippen LogP contribution in [0, 0.1) is 11.3 Å². The Hall–Kier alpha value is -0.120. The summed E-state index contributed by atoms with van der Waals surface area (Å²) in [4.78, 5) is 2.67. The molecular weight excluding hydrogens is 236 g/mol. The van der Waals surface area contributed by atoms with Gasteiger partial charge in [-0.15, -0.1) is 0 Å². The maximum atomic E-state index is 5.38. The lowest BCUT2D eigenvalue weighted by atomic mass is 9.82. The van der Waals surface area contributed by atoms with Crippen LogP contribution < -0.4 is 5.32 Å². The molecule has 0 spiro atoms. The first-order valence-corrected chi connectivity index (χ1v) is 7.79. The summed E-state index contributed by atoms with van der Waals surface area (Å²) in [7, 11) is 1.80. The predicted octanol–water partition coefficient (Wildman–Crippen LogP) is 2.76. The van der Waals surface area contributed by atoms with E-state index in [0.717, 1.165) is 25.6 Å². The van der Waals surface area contributed by atoms with Crippen LogP contribution in [0.1, 0.15) is 48.0 Å². The molecule has 0 aromatic carbocycles. The van der Waals surface area contributed by atoms with Crippen LogP contribution in [0.15, 0.2) is 0 Å². The van der Waals surface area contributed by atoms with Crippen LogP contribution in [0.5, 0.6) is 0 Å². The molecule has 0 bridgehead atoms. The van der Waals surface area contributed by atoms with E-state index in [1.54, 1.807) is 7.11 Å². The van der Waals surface area contributed by atoms with E-state index in [2.05, 4.69) is 51.8 Å². The van der Waals surface area contributed by atoms with Gasteiger partial charge in [-0.3, -0.25) is 4.90 Å². The zero-order valence-corrected chi connectivity index (χ0v) is 14.0. The van der Waals surface area contributed by atoms with E-state index in [4.69, 9.17) is 4.74 Å². The molecule has 114 valence electrons. The van der Waals surface area contributed by atoms with Gasteiger partial charge in [0.05, 0.1) is 6.61 Å². The minimum absolute atomic E-state index is 0.311. The minimum atomic E-state index is 0.311. The SMILES string of the molecule is CCC(C)C1CNC(C(C)(C)C)CN1C(C)COC. The number of hydrogen-bond donors (Lipinski definition) is 1. The molecule has 3 heteroatoms. The largest absolute Gasteiger partial charge is 0.383 e. The molecule has 1 heterocycles. The number of rotatable bonds is 5. The van der Waals surface area contributed by atoms with Crippen molar-refractivity contribution in [3.8, 4) is 0 Å². The molecule has 4 atom stereocenters. The van der Waals surface area contributed by atoms with Crippen LogP contribution >= 0.6 is 0 Å². The molecule has 1 saturated heterocycles. The molecule has 1 rings (SSSR count). The Morgan fingerprint density at radius 3 is 2.42 bits per heavy atom. The smallest absolute Gasteiger partial charge is 0.0615 e. The summed E-state index contributed by atoms with van der Waals surface area (Å²) in [5.41, 5.74) is 0.311. The molecule has 3 nitrogen and oxygen atoms in total. The summed E-state index contributed by atoms with van der Waals surface area (Å²) < 4.78 is 5.38. The average molecular weight is 270 g/mol. The van der Waals surface area contributed by atoms with Crippen LogP contribution in [0.25, 0.3) is 0 Å². The lowest BCUT2D eigenvalue weighted by Gasteiger charge is -2.49. The van der Waals surface area contributed by atoms with Crippen LogP contribution in [-0.2, 0) is 4.74 Å². The molecule has 0 radical (unpaired) electrons. The quantitative estimate of drug-likeness (QED) is 0.831. The average Bonchev–Trinajstić information content (AvgIpc) is 2.36. The van der Waals surface area contributed by atoms with Gasteiger partial charge in [0.15, 0.2) is 0 Å². The van der Waals surface area contributed by atoms with Crippen molar-refractivity contribution in [3.05, 3.63) is 0 Å². The molecule has 19 heavy (non-hydrogen) atoms. The van der Waals surface area contributed by atoms with Crippen LogP contribution in [0.3, 0.4) is 0 Å². The summed E-state index contributed by atoms with van der Waals surface area (Å²) in [5, 5.41) is 3.77. The third-order valence-corrected chi connectivity index (χ3v) is 4.71. The standard InChI is InChI=1S/C16H34N2O/c1-8-12(2)14-9-17-15(16(4,5)6)10-18(14)13(3)11-19-7/h12-15,17H,8-11H2,1-7H3. The van der Waals surface area contributed by atoms with Crippen LogP contribution in [0.2, 0.25) is 0 Å². The Morgan fingerprint density at radius 2 is 1.95 bits per heavy atom. The molecule has 0 aromatic heterocycles. The number of nitrogens with zero attached hydrogens (tertiary/aromatic N) is 1. The van der Waals surface area contributed by atoms with Crippen molar-refractivity contribution in [2.75, 3.05) is 26.8 Å². The fourth-order valence-corrected chi connectivity index (χ4v) is 3.01. The third-order valence-electron chi connectivity index (χ3n) is 4.71. The highest BCUT2D eigenvalue weighted by Gasteiger charge is 2.37. The third kappa shape index (κ3) is 4.44. The predicted molar refractivity (Wildman–Crippen MR) is 82.5 cm³/mol. The molecule has 0 aromatic rings. The summed E-state index contributed by atoms with van der Waals surface area (Å²) >= 11 is 0. The normalized spacial score (nSPS) is 29.2. The lowest BCUT2D eigenvalue weighted by molar-refractivity contribution is 0.00291. The molecule has 1 aliphatic heterocycles. The second-order valence-electron chi connectivity index (χ2n) is 7.28. The zero-order chi connectivity index (χ0) is 14.6. The van der Waals surface area contributed by atoms with Crippen molar-refractivity contribution in [1.29, 1.82) is 0 Å². The van der Waals surface area contributed by atoms with E-state index in [9.17, 15) is 0 Å². The van der Waals surface area contributed by atoms with Gasteiger partial charge in [-0.1, -0.05) is 41.0 Å². The van der Waals surface area contributed by atoms with Crippen molar-refractivity contribution in [3.63, 3.8) is 0 Å². The van der Waals surface area contributed by atoms with Gasteiger partial charge in [-0.25, -0.2) is 0 Å². The Balaban J connectivity index is 2.80. The van der Waals surface area contributed by atoms with Crippen LogP contribution in [0.4, 0.5) is 0 Å². The number of methoxy groups -OCH3 is 1. The molecular formula is C16H34N2O. The Labute approximate surface area is 120 Å². The minimum Gasteiger partial charge on any atom is -0.383 e. The van der Waals surface area contributed by atoms with Gasteiger partial charge < -0.3 is 10.1 Å². The molecule has 0 amide bonds. The Bertz CT molecular complexity index is 262. The van der Waals surface area contributed by atoms with E-state index in [1.165, 1.54) is 6.42 Å². The second-order valence-corrected chi connectivity index (χ2v) is 7.28. The van der Waals surface area contributed by atoms with Gasteiger partial charge in [-0.05, 0) is 18.3 Å². The van der Waals surface area contributed by atoms with Gasteiger partial charge in [0.25, 0.3) is 0 Å². The van der Waals surface area contributed by atoms with E-state index in [1.807, 2.05) is 0 Å². The topological polar surface area (TPSA) is 24.5 Å². The van der Waals surface area contributed by atoms with Gasteiger partial charge in [0.1, 0.15) is 0 Å². The van der Waals surface area contributed by atoms with Crippen LogP contribution in [-0.4, -0.2) is 49.8 Å². The molecule has 4 unspecified atom stereocenters. The lowest BCUT2D eigenvalue weighted by Crippen LogP contribution is -2.64. The Morgan fingerprint density at radius 1 is 1.32 bits per heavy atom. The summed E-state index contributed by atoms with van der Waals surface area (Å²) in [5.74, 6) is 0.729. The first kappa shape index (κ1) is 16.9. The zero-order valence-electron chi connectivity index (χ0n) is 14.0. The number of hydrogen-bond acceptors (Lipinski definition) is 3. The first-order chi connectivity index (χ1) is 8.81. The molecule has 0 saturated carbocycles. The van der Waals surface area contributed by atoms with E-state index in [0.29, 0.717) is 23.5 Å². The van der Waals surface area contributed by atoms with E-state index in [-0.39, 0.29) is 0 Å². The number of nitrogens with one attached hydrogen (secondary N) is 1. The monoisotopic (exact) mass is 270 g/mol. The van der Waals surface area contributed by atoms with E-state index < -0.39 is 0 Å². The second kappa shape index (κ2) is 7.05. The molecule has 1 fully saturated rings. The van der Waals surface area contributed by atoms with Crippen molar-refractivity contribution in [2.45, 2.75) is 66.1 Å². The fraction of sp³-hybridized carbons (Fsp3) is 1.00. The van der Waals surface area contributed by atoms with Crippen molar-refractivity contribution >= 4 is 0 Å². The highest BCUT2D eigenvalue weighted by molar-refractivity contribution is 4.95. The van der Waals surface area contributed by atoms with Crippen molar-refractivity contribution in [1.82, 2.24) is 10.2 Å². The van der Waals surface area contributed by atoms with Crippen molar-refractivity contribution in [2.24, 2.45) is 11.3 Å². The first-order valence-electron chi connectivity index (χ1n) is 7.79. The number of piperazine rings is 1. The molecule has 0 aliphatic carbocycles. The molecule has 1 N–H and O–H groups in total. The van der Waals surface area contributed by atoms with E-state index >= 15 is 0 Å². The van der Waals surface area contributed by atoms with Gasteiger partial charge >= 0.3 is 0 Å². The van der Waals surface area contributed by atoms with Gasteiger partial charge in [0.2, 0.25) is 0 Å². The maximum absolute atomic E-state index is 5.38. The summed E-state index contributed by atoms with van der Waals surface area (Å²) in [6, 6.07) is 1.69. The van der Waals surface area contributed by atoms with Crippen molar-refractivity contribution < 1.29 is 4.74 Å². The van der Waals surface area contributed by atoms with Gasteiger partial charge in [0, 0.05) is 38.3 Å². The molecule has 1 aliphatic rings. The summed E-state index contributed by atoms with van der Waals surface area (Å²) in [6.45, 7) is 17.0.